The maximum atomic E-state index is 6.36. The molecule has 4 heterocycles. The number of nitrogens with zero attached hydrogens (tertiary/aromatic N) is 6. The van der Waals surface area contributed by atoms with Crippen LogP contribution in [-0.4, -0.2) is 49.5 Å². The number of fused-ring (bicyclic) bond motifs is 1. The van der Waals surface area contributed by atoms with Gasteiger partial charge in [-0.3, -0.25) is 0 Å². The van der Waals surface area contributed by atoms with Crippen molar-refractivity contribution >= 4 is 16.9 Å². The van der Waals surface area contributed by atoms with E-state index in [1.165, 1.54) is 5.56 Å². The highest BCUT2D eigenvalue weighted by Gasteiger charge is 2.24. The van der Waals surface area contributed by atoms with E-state index < -0.39 is 0 Å². The summed E-state index contributed by atoms with van der Waals surface area (Å²) in [5, 5.41) is 0. The molecule has 0 spiro atoms. The fraction of sp³-hybridized carbons (Fsp3) is 0.333. The third-order valence-corrected chi connectivity index (χ3v) is 7.41. The molecule has 0 unspecified atom stereocenters. The monoisotopic (exact) mass is 565 g/mol. The van der Waals surface area contributed by atoms with Crippen LogP contribution in [0.5, 0.6) is 17.2 Å². The second kappa shape index (κ2) is 13.0. The first kappa shape index (κ1) is 29.0. The zero-order chi connectivity index (χ0) is 29.6. The van der Waals surface area contributed by atoms with E-state index in [9.17, 15) is 0 Å². The first-order valence-electron chi connectivity index (χ1n) is 14.5. The van der Waals surface area contributed by atoms with Crippen molar-refractivity contribution in [2.24, 2.45) is 0 Å². The van der Waals surface area contributed by atoms with Crippen LogP contribution in [0, 0.1) is 13.8 Å². The van der Waals surface area contributed by atoms with Crippen molar-refractivity contribution in [1.29, 1.82) is 0 Å². The molecule has 6 rings (SSSR count). The molecule has 1 aliphatic rings. The van der Waals surface area contributed by atoms with Crippen molar-refractivity contribution in [2.75, 3.05) is 25.9 Å². The molecule has 2 aromatic carbocycles. The minimum Gasteiger partial charge on any atom is -0.489 e. The SMILES string of the molecule is CC.Cc1cc(OCc2cnc(C)nc2)cc(Oc2ccc(-n3cc(C4CCN(C)CC4)c4ncnc(N)c43)cc2)c1. The smallest absolute Gasteiger partial charge is 0.151 e. The standard InChI is InChI=1S/C31H33N7O2.C2H6/c1-20-12-26(39-18-22-15-33-21(2)34-16-22)14-27(13-20)40-25-6-4-24(5-7-25)38-17-28(23-8-10-37(3)11-9-23)29-30(38)31(32)36-19-35-29;1-2/h4-7,12-17,19,23H,8-11,18H2,1-3H3,(H2,32,35,36);1-2H3. The summed E-state index contributed by atoms with van der Waals surface area (Å²) in [6.45, 7) is 10.4. The highest BCUT2D eigenvalue weighted by molar-refractivity contribution is 5.90. The second-order valence-corrected chi connectivity index (χ2v) is 10.5. The number of nitrogens with two attached hydrogens (primary N) is 1. The molecule has 0 radical (unpaired) electrons. The summed E-state index contributed by atoms with van der Waals surface area (Å²) in [6, 6.07) is 13.8. The average Bonchev–Trinajstić information content (AvgIpc) is 3.39. The Labute approximate surface area is 247 Å². The van der Waals surface area contributed by atoms with E-state index in [-0.39, 0.29) is 0 Å². The number of aromatic nitrogens is 5. The highest BCUT2D eigenvalue weighted by atomic mass is 16.5. The van der Waals surface area contributed by atoms with Crippen LogP contribution in [0.2, 0.25) is 0 Å². The number of aryl methyl sites for hydroxylation is 2. The van der Waals surface area contributed by atoms with Crippen LogP contribution in [0.25, 0.3) is 16.7 Å². The van der Waals surface area contributed by atoms with Crippen LogP contribution in [0.15, 0.2) is 67.4 Å². The Balaban J connectivity index is 0.00000173. The summed E-state index contributed by atoms with van der Waals surface area (Å²) < 4.78 is 14.3. The molecule has 42 heavy (non-hydrogen) atoms. The molecule has 1 saturated heterocycles. The normalized spacial score (nSPS) is 13.9. The van der Waals surface area contributed by atoms with Crippen LogP contribution < -0.4 is 15.2 Å². The van der Waals surface area contributed by atoms with Crippen molar-refractivity contribution in [1.82, 2.24) is 29.4 Å². The first-order valence-corrected chi connectivity index (χ1v) is 14.5. The quantitative estimate of drug-likeness (QED) is 0.235. The van der Waals surface area contributed by atoms with Gasteiger partial charge in [-0.05, 0) is 100 Å². The molecule has 3 aromatic heterocycles. The zero-order valence-electron chi connectivity index (χ0n) is 25.0. The van der Waals surface area contributed by atoms with Crippen molar-refractivity contribution in [3.63, 3.8) is 0 Å². The minimum atomic E-state index is 0.384. The number of nitrogen functional groups attached to an aromatic ring is 1. The molecule has 0 saturated carbocycles. The first-order chi connectivity index (χ1) is 20.4. The predicted molar refractivity (Wildman–Crippen MR) is 166 cm³/mol. The van der Waals surface area contributed by atoms with Gasteiger partial charge in [-0.15, -0.1) is 0 Å². The van der Waals surface area contributed by atoms with Gasteiger partial charge in [0.2, 0.25) is 0 Å². The summed E-state index contributed by atoms with van der Waals surface area (Å²) >= 11 is 0. The molecule has 1 aliphatic heterocycles. The second-order valence-electron chi connectivity index (χ2n) is 10.5. The number of ether oxygens (including phenoxy) is 2. The van der Waals surface area contributed by atoms with Gasteiger partial charge in [-0.2, -0.15) is 0 Å². The zero-order valence-corrected chi connectivity index (χ0v) is 25.0. The lowest BCUT2D eigenvalue weighted by Crippen LogP contribution is -2.29. The van der Waals surface area contributed by atoms with Crippen molar-refractivity contribution in [2.45, 2.75) is 53.1 Å². The van der Waals surface area contributed by atoms with E-state index in [1.807, 2.05) is 70.2 Å². The molecule has 9 heteroatoms. The average molecular weight is 566 g/mol. The Morgan fingerprint density at radius 1 is 0.881 bits per heavy atom. The molecular weight excluding hydrogens is 526 g/mol. The van der Waals surface area contributed by atoms with Crippen molar-refractivity contribution < 1.29 is 9.47 Å². The molecular formula is C33H39N7O2. The molecule has 1 fully saturated rings. The fourth-order valence-electron chi connectivity index (χ4n) is 5.26. The minimum absolute atomic E-state index is 0.384. The van der Waals surface area contributed by atoms with Crippen LogP contribution in [-0.2, 0) is 6.61 Å². The van der Waals surface area contributed by atoms with E-state index in [2.05, 4.69) is 42.6 Å². The van der Waals surface area contributed by atoms with Gasteiger partial charge in [-0.1, -0.05) is 13.8 Å². The van der Waals surface area contributed by atoms with E-state index in [1.54, 1.807) is 18.7 Å². The van der Waals surface area contributed by atoms with Crippen LogP contribution in [0.3, 0.4) is 0 Å². The molecule has 0 amide bonds. The summed E-state index contributed by atoms with van der Waals surface area (Å²) in [5.74, 6) is 3.82. The largest absolute Gasteiger partial charge is 0.489 e. The van der Waals surface area contributed by atoms with E-state index in [0.717, 1.165) is 71.1 Å². The number of benzene rings is 2. The van der Waals surface area contributed by atoms with Crippen LogP contribution >= 0.6 is 0 Å². The van der Waals surface area contributed by atoms with Crippen LogP contribution in [0.1, 0.15) is 55.1 Å². The van der Waals surface area contributed by atoms with Gasteiger partial charge in [-0.25, -0.2) is 19.9 Å². The van der Waals surface area contributed by atoms with Crippen molar-refractivity contribution in [3.05, 3.63) is 89.9 Å². The van der Waals surface area contributed by atoms with Gasteiger partial charge in [0.15, 0.2) is 5.82 Å². The molecule has 0 atom stereocenters. The Bertz CT molecular complexity index is 1620. The lowest BCUT2D eigenvalue weighted by molar-refractivity contribution is 0.256. The maximum Gasteiger partial charge on any atom is 0.151 e. The molecule has 218 valence electrons. The Morgan fingerprint density at radius 2 is 1.57 bits per heavy atom. The Morgan fingerprint density at radius 3 is 2.29 bits per heavy atom. The number of likely N-dealkylation sites (tertiary alicyclic amines) is 1. The lowest BCUT2D eigenvalue weighted by Gasteiger charge is -2.28. The van der Waals surface area contributed by atoms with Gasteiger partial charge in [0.05, 0.1) is 5.52 Å². The predicted octanol–water partition coefficient (Wildman–Crippen LogP) is 6.62. The number of anilines is 1. The summed E-state index contributed by atoms with van der Waals surface area (Å²) in [4.78, 5) is 19.8. The number of hydrogen-bond acceptors (Lipinski definition) is 8. The topological polar surface area (TPSA) is 104 Å². The van der Waals surface area contributed by atoms with E-state index in [0.29, 0.717) is 24.1 Å². The summed E-state index contributed by atoms with van der Waals surface area (Å²) in [5.41, 5.74) is 12.3. The molecule has 0 bridgehead atoms. The van der Waals surface area contributed by atoms with Gasteiger partial charge in [0.1, 0.15) is 41.5 Å². The lowest BCUT2D eigenvalue weighted by atomic mass is 9.91. The maximum absolute atomic E-state index is 6.36. The molecule has 0 aliphatic carbocycles. The summed E-state index contributed by atoms with van der Waals surface area (Å²) in [6.07, 6.45) is 9.51. The molecule has 9 nitrogen and oxygen atoms in total. The van der Waals surface area contributed by atoms with E-state index in [4.69, 9.17) is 15.2 Å². The summed E-state index contributed by atoms with van der Waals surface area (Å²) in [7, 11) is 2.18. The third kappa shape index (κ3) is 6.52. The van der Waals surface area contributed by atoms with E-state index >= 15 is 0 Å². The number of hydrogen-bond donors (Lipinski definition) is 1. The third-order valence-electron chi connectivity index (χ3n) is 7.41. The Kier molecular flexibility index (Phi) is 8.97. The van der Waals surface area contributed by atoms with Gasteiger partial charge in [0, 0.05) is 35.9 Å². The van der Waals surface area contributed by atoms with Gasteiger partial charge in [0.25, 0.3) is 0 Å². The number of rotatable bonds is 7. The van der Waals surface area contributed by atoms with Crippen molar-refractivity contribution in [3.8, 4) is 22.9 Å². The van der Waals surface area contributed by atoms with Gasteiger partial charge < -0.3 is 24.7 Å². The highest BCUT2D eigenvalue weighted by Crippen LogP contribution is 2.36. The van der Waals surface area contributed by atoms with Gasteiger partial charge >= 0.3 is 0 Å². The van der Waals surface area contributed by atoms with Crippen LogP contribution in [0.4, 0.5) is 5.82 Å². The Hall–Kier alpha value is -4.50. The fourth-order valence-corrected chi connectivity index (χ4v) is 5.26. The molecule has 2 N–H and O–H groups in total. The molecule has 5 aromatic rings. The number of piperidine rings is 1.